The van der Waals surface area contributed by atoms with Gasteiger partial charge in [0.25, 0.3) is 0 Å². The molecule has 0 spiro atoms. The van der Waals surface area contributed by atoms with Crippen LogP contribution in [-0.4, -0.2) is 13.0 Å². The van der Waals surface area contributed by atoms with Crippen molar-refractivity contribution in [3.05, 3.63) is 29.8 Å². The first-order chi connectivity index (χ1) is 6.77. The molecule has 0 heterocycles. The fourth-order valence-electron chi connectivity index (χ4n) is 1.11. The minimum absolute atomic E-state index is 0.641. The van der Waals surface area contributed by atoms with Gasteiger partial charge in [0.1, 0.15) is 5.75 Å². The second-order valence-electron chi connectivity index (χ2n) is 2.88. The molecule has 0 aliphatic heterocycles. The summed E-state index contributed by atoms with van der Waals surface area (Å²) in [5.74, 6) is 1.35. The third kappa shape index (κ3) is 2.96. The van der Waals surface area contributed by atoms with Crippen molar-refractivity contribution in [2.24, 2.45) is 0 Å². The van der Waals surface area contributed by atoms with E-state index in [4.69, 9.17) is 22.1 Å². The van der Waals surface area contributed by atoms with Gasteiger partial charge in [0.15, 0.2) is 0 Å². The molecule has 14 heavy (non-hydrogen) atoms. The lowest BCUT2D eigenvalue weighted by Crippen LogP contribution is -1.91. The number of benzene rings is 1. The van der Waals surface area contributed by atoms with E-state index in [1.54, 1.807) is 7.11 Å². The molecule has 1 aromatic carbocycles. The monoisotopic (exact) mass is 211 g/mol. The molecule has 0 radical (unpaired) electrons. The Hall–Kier alpha value is -1.15. The quantitative estimate of drug-likeness (QED) is 0.614. The number of alkyl halides is 1. The molecule has 1 rings (SSSR count). The average molecular weight is 212 g/mol. The molecule has 0 aromatic heterocycles. The van der Waals surface area contributed by atoms with Crippen LogP contribution in [0.2, 0.25) is 0 Å². The highest BCUT2D eigenvalue weighted by Crippen LogP contribution is 2.22. The lowest BCUT2D eigenvalue weighted by atomic mass is 10.1. The second-order valence-corrected chi connectivity index (χ2v) is 3.26. The first-order valence-corrected chi connectivity index (χ1v) is 4.97. The van der Waals surface area contributed by atoms with Crippen LogP contribution >= 0.6 is 11.6 Å². The van der Waals surface area contributed by atoms with E-state index in [9.17, 15) is 0 Å². The zero-order chi connectivity index (χ0) is 10.4. The zero-order valence-electron chi connectivity index (χ0n) is 8.16. The van der Waals surface area contributed by atoms with Gasteiger partial charge in [-0.25, -0.2) is 0 Å². The van der Waals surface area contributed by atoms with E-state index in [0.29, 0.717) is 17.3 Å². The summed E-state index contributed by atoms with van der Waals surface area (Å²) < 4.78 is 5.11. The van der Waals surface area contributed by atoms with Gasteiger partial charge >= 0.3 is 0 Å². The number of ether oxygens (including phenoxy) is 1. The fourth-order valence-corrected chi connectivity index (χ4v) is 1.24. The molecule has 0 bridgehead atoms. The first-order valence-electron chi connectivity index (χ1n) is 4.44. The highest BCUT2D eigenvalue weighted by molar-refractivity contribution is 6.17. The van der Waals surface area contributed by atoms with Crippen LogP contribution in [0.4, 0.5) is 5.69 Å². The van der Waals surface area contributed by atoms with Gasteiger partial charge in [0, 0.05) is 5.88 Å². The predicted octanol–water partition coefficient (Wildman–Crippen LogP) is 2.92. The Morgan fingerprint density at radius 1 is 1.50 bits per heavy atom. The fraction of sp³-hybridized carbons (Fsp3) is 0.273. The van der Waals surface area contributed by atoms with Crippen LogP contribution < -0.4 is 10.5 Å². The largest absolute Gasteiger partial charge is 0.495 e. The number of allylic oxidation sites excluding steroid dienone is 1. The topological polar surface area (TPSA) is 35.2 Å². The molecule has 2 nitrogen and oxygen atoms in total. The summed E-state index contributed by atoms with van der Waals surface area (Å²) in [4.78, 5) is 0. The molecule has 3 heteroatoms. The summed E-state index contributed by atoms with van der Waals surface area (Å²) in [6, 6.07) is 5.68. The third-order valence-electron chi connectivity index (χ3n) is 1.84. The minimum atomic E-state index is 0.641. The van der Waals surface area contributed by atoms with Crippen LogP contribution in [0.3, 0.4) is 0 Å². The van der Waals surface area contributed by atoms with Crippen LogP contribution in [-0.2, 0) is 0 Å². The number of anilines is 1. The first kappa shape index (κ1) is 10.9. The maximum Gasteiger partial charge on any atom is 0.142 e. The Bertz CT molecular complexity index is 323. The van der Waals surface area contributed by atoms with E-state index >= 15 is 0 Å². The SMILES string of the molecule is COc1cc(C=CCCCl)ccc1N. The van der Waals surface area contributed by atoms with Gasteiger partial charge in [-0.15, -0.1) is 11.6 Å². The number of rotatable bonds is 4. The van der Waals surface area contributed by atoms with Crippen LogP contribution in [0, 0.1) is 0 Å². The van der Waals surface area contributed by atoms with Crippen molar-refractivity contribution in [2.45, 2.75) is 6.42 Å². The highest BCUT2D eigenvalue weighted by atomic mass is 35.5. The van der Waals surface area contributed by atoms with Gasteiger partial charge in [-0.2, -0.15) is 0 Å². The molecule has 76 valence electrons. The Balaban J connectivity index is 2.79. The number of hydrogen-bond donors (Lipinski definition) is 1. The maximum atomic E-state index is 5.68. The Labute approximate surface area is 89.3 Å². The number of nitrogens with two attached hydrogens (primary N) is 1. The molecule has 0 atom stereocenters. The van der Waals surface area contributed by atoms with Crippen molar-refractivity contribution >= 4 is 23.4 Å². The van der Waals surface area contributed by atoms with Crippen molar-refractivity contribution in [3.63, 3.8) is 0 Å². The van der Waals surface area contributed by atoms with Gasteiger partial charge in [-0.1, -0.05) is 18.2 Å². The molecule has 0 aliphatic carbocycles. The van der Waals surface area contributed by atoms with E-state index in [2.05, 4.69) is 0 Å². The lowest BCUT2D eigenvalue weighted by Gasteiger charge is -2.04. The summed E-state index contributed by atoms with van der Waals surface area (Å²) in [7, 11) is 1.61. The highest BCUT2D eigenvalue weighted by Gasteiger charge is 1.97. The van der Waals surface area contributed by atoms with Crippen molar-refractivity contribution in [1.29, 1.82) is 0 Å². The van der Waals surface area contributed by atoms with E-state index in [0.717, 1.165) is 12.0 Å². The summed E-state index contributed by atoms with van der Waals surface area (Å²) in [5.41, 5.74) is 7.41. The number of nitrogen functional groups attached to an aromatic ring is 1. The van der Waals surface area contributed by atoms with Crippen molar-refractivity contribution in [2.75, 3.05) is 18.7 Å². The smallest absolute Gasteiger partial charge is 0.142 e. The molecule has 0 aliphatic rings. The number of halogens is 1. The normalized spacial score (nSPS) is 10.7. The Morgan fingerprint density at radius 3 is 2.93 bits per heavy atom. The summed E-state index contributed by atoms with van der Waals surface area (Å²) in [6.07, 6.45) is 4.90. The van der Waals surface area contributed by atoms with Crippen LogP contribution in [0.5, 0.6) is 5.75 Å². The molecule has 1 aromatic rings. The van der Waals surface area contributed by atoms with Crippen molar-refractivity contribution in [1.82, 2.24) is 0 Å². The number of methoxy groups -OCH3 is 1. The molecule has 0 saturated heterocycles. The van der Waals surface area contributed by atoms with E-state index < -0.39 is 0 Å². The van der Waals surface area contributed by atoms with Gasteiger partial charge in [-0.05, 0) is 24.1 Å². The molecular weight excluding hydrogens is 198 g/mol. The Kier molecular flexibility index (Phi) is 4.33. The van der Waals surface area contributed by atoms with Gasteiger partial charge in [0.2, 0.25) is 0 Å². The van der Waals surface area contributed by atoms with E-state index in [1.165, 1.54) is 0 Å². The van der Waals surface area contributed by atoms with Gasteiger partial charge in [-0.3, -0.25) is 0 Å². The molecule has 0 saturated carbocycles. The second kappa shape index (κ2) is 5.55. The van der Waals surface area contributed by atoms with Gasteiger partial charge in [0.05, 0.1) is 12.8 Å². The van der Waals surface area contributed by atoms with Crippen molar-refractivity contribution < 1.29 is 4.74 Å². The Morgan fingerprint density at radius 2 is 2.29 bits per heavy atom. The number of hydrogen-bond acceptors (Lipinski definition) is 2. The summed E-state index contributed by atoms with van der Waals surface area (Å²) in [6.45, 7) is 0. The maximum absolute atomic E-state index is 5.68. The standard InChI is InChI=1S/C11H14ClNO/c1-14-11-8-9(4-2-3-7-12)5-6-10(11)13/h2,4-6,8H,3,7,13H2,1H3. The molecule has 0 amide bonds. The van der Waals surface area contributed by atoms with Crippen LogP contribution in [0.15, 0.2) is 24.3 Å². The molecule has 0 fully saturated rings. The van der Waals surface area contributed by atoms with E-state index in [1.807, 2.05) is 30.4 Å². The zero-order valence-corrected chi connectivity index (χ0v) is 8.92. The van der Waals surface area contributed by atoms with Crippen LogP contribution in [0.25, 0.3) is 6.08 Å². The molecule has 0 unspecified atom stereocenters. The van der Waals surface area contributed by atoms with Crippen molar-refractivity contribution in [3.8, 4) is 5.75 Å². The van der Waals surface area contributed by atoms with Crippen LogP contribution in [0.1, 0.15) is 12.0 Å². The lowest BCUT2D eigenvalue weighted by molar-refractivity contribution is 0.417. The summed E-state index contributed by atoms with van der Waals surface area (Å²) >= 11 is 5.56. The third-order valence-corrected chi connectivity index (χ3v) is 2.06. The molecular formula is C11H14ClNO. The molecule has 2 N–H and O–H groups in total. The average Bonchev–Trinajstić information content (AvgIpc) is 2.21. The van der Waals surface area contributed by atoms with E-state index in [-0.39, 0.29) is 0 Å². The van der Waals surface area contributed by atoms with Gasteiger partial charge < -0.3 is 10.5 Å². The minimum Gasteiger partial charge on any atom is -0.495 e. The predicted molar refractivity (Wildman–Crippen MR) is 61.8 cm³/mol. The summed E-state index contributed by atoms with van der Waals surface area (Å²) in [5, 5.41) is 0.